The van der Waals surface area contributed by atoms with Crippen LogP contribution in [-0.4, -0.2) is 25.4 Å². The molecule has 0 fully saturated rings. The number of hydrogen-bond donors (Lipinski definition) is 0. The lowest BCUT2D eigenvalue weighted by Gasteiger charge is -1.99. The third-order valence-electron chi connectivity index (χ3n) is 2.85. The van der Waals surface area contributed by atoms with E-state index in [1.165, 1.54) is 0 Å². The zero-order chi connectivity index (χ0) is 16.7. The van der Waals surface area contributed by atoms with E-state index in [-0.39, 0.29) is 6.73 Å². The van der Waals surface area contributed by atoms with Crippen molar-refractivity contribution in [1.29, 1.82) is 0 Å². The Morgan fingerprint density at radius 2 is 1.46 bits per heavy atom. The minimum absolute atomic E-state index is 0.257. The summed E-state index contributed by atoms with van der Waals surface area (Å²) in [7, 11) is 0. The molecule has 1 aromatic rings. The van der Waals surface area contributed by atoms with E-state index in [4.69, 9.17) is 4.74 Å². The van der Waals surface area contributed by atoms with Crippen LogP contribution in [0.15, 0.2) is 94.4 Å². The smallest absolute Gasteiger partial charge is 0.178 e. The lowest BCUT2D eigenvalue weighted by molar-refractivity contribution is 0.262. The molecule has 4 heteroatoms. The Bertz CT molecular complexity index is 735. The Morgan fingerprint density at radius 3 is 2.33 bits per heavy atom. The number of fused-ring (bicyclic) bond motifs is 1. The van der Waals surface area contributed by atoms with E-state index >= 15 is 0 Å². The van der Waals surface area contributed by atoms with Gasteiger partial charge in [0.2, 0.25) is 0 Å². The molecule has 1 aliphatic rings. The largest absolute Gasteiger partial charge is 0.479 e. The maximum Gasteiger partial charge on any atom is 0.178 e. The summed E-state index contributed by atoms with van der Waals surface area (Å²) in [5.74, 6) is 0. The van der Waals surface area contributed by atoms with Gasteiger partial charge >= 0.3 is 0 Å². The van der Waals surface area contributed by atoms with Crippen LogP contribution in [0.4, 0.5) is 0 Å². The monoisotopic (exact) mass is 317 g/mol. The molecule has 0 aliphatic carbocycles. The van der Waals surface area contributed by atoms with Gasteiger partial charge in [0.15, 0.2) is 6.73 Å². The summed E-state index contributed by atoms with van der Waals surface area (Å²) in [6.07, 6.45) is 23.3. The second-order valence-electron chi connectivity index (χ2n) is 4.59. The van der Waals surface area contributed by atoms with Gasteiger partial charge in [-0.05, 0) is 23.3 Å². The van der Waals surface area contributed by atoms with Crippen LogP contribution in [0.2, 0.25) is 0 Å². The summed E-state index contributed by atoms with van der Waals surface area (Å²) in [6.45, 7) is 0.257. The molecular formula is C20H19N3O. The molecule has 0 atom stereocenters. The first-order valence-electron chi connectivity index (χ1n) is 7.54. The molecule has 4 nitrogen and oxygen atoms in total. The van der Waals surface area contributed by atoms with Gasteiger partial charge in [0.05, 0.1) is 6.26 Å². The first kappa shape index (κ1) is 17.1. The second kappa shape index (κ2) is 11.3. The minimum atomic E-state index is 0.257. The van der Waals surface area contributed by atoms with E-state index in [1.54, 1.807) is 37.2 Å². The van der Waals surface area contributed by atoms with Crippen LogP contribution in [0.1, 0.15) is 11.1 Å². The van der Waals surface area contributed by atoms with Crippen molar-refractivity contribution in [2.75, 3.05) is 6.73 Å². The van der Waals surface area contributed by atoms with Crippen molar-refractivity contribution in [3.05, 3.63) is 90.5 Å². The van der Waals surface area contributed by atoms with Gasteiger partial charge in [-0.3, -0.25) is 15.0 Å². The van der Waals surface area contributed by atoms with Crippen LogP contribution in [0.25, 0.3) is 6.08 Å². The standard InChI is InChI=1S/C20H19N3O/c1-2-4-9-19-10-5-6-11-20(19)17-23-18-24-16-8-13-22-15-14-21-12-7-3-1/h1-17H,18H2. The fourth-order valence-electron chi connectivity index (χ4n) is 1.77. The Kier molecular flexibility index (Phi) is 8.06. The predicted molar refractivity (Wildman–Crippen MR) is 103 cm³/mol. The van der Waals surface area contributed by atoms with Gasteiger partial charge in [-0.1, -0.05) is 54.6 Å². The van der Waals surface area contributed by atoms with Gasteiger partial charge in [-0.25, -0.2) is 0 Å². The molecule has 0 unspecified atom stereocenters. The molecule has 0 radical (unpaired) electrons. The molecule has 0 spiro atoms. The summed E-state index contributed by atoms with van der Waals surface area (Å²) < 4.78 is 5.27. The molecule has 24 heavy (non-hydrogen) atoms. The van der Waals surface area contributed by atoms with Gasteiger partial charge in [0, 0.05) is 31.0 Å². The van der Waals surface area contributed by atoms with E-state index in [0.717, 1.165) is 11.1 Å². The highest BCUT2D eigenvalue weighted by Gasteiger charge is 1.93. The molecule has 0 N–H and O–H groups in total. The normalized spacial score (nSPS) is 15.2. The summed E-state index contributed by atoms with van der Waals surface area (Å²) >= 11 is 0. The Morgan fingerprint density at radius 1 is 0.750 bits per heavy atom. The molecule has 1 aliphatic heterocycles. The number of aliphatic imine (C=N–C) groups is 3. The molecular weight excluding hydrogens is 298 g/mol. The summed E-state index contributed by atoms with van der Waals surface area (Å²) in [6, 6.07) is 8.05. The molecule has 1 aromatic carbocycles. The Labute approximate surface area is 142 Å². The minimum Gasteiger partial charge on any atom is -0.479 e. The molecule has 120 valence electrons. The molecule has 0 saturated carbocycles. The van der Waals surface area contributed by atoms with Crippen LogP contribution in [0.3, 0.4) is 0 Å². The van der Waals surface area contributed by atoms with Crippen LogP contribution >= 0.6 is 0 Å². The van der Waals surface area contributed by atoms with Crippen molar-refractivity contribution < 1.29 is 4.74 Å². The number of hydrogen-bond acceptors (Lipinski definition) is 4. The van der Waals surface area contributed by atoms with Crippen molar-refractivity contribution in [3.63, 3.8) is 0 Å². The van der Waals surface area contributed by atoms with E-state index in [0.29, 0.717) is 0 Å². The molecule has 0 aromatic heterocycles. The van der Waals surface area contributed by atoms with Crippen molar-refractivity contribution in [2.45, 2.75) is 0 Å². The maximum absolute atomic E-state index is 5.27. The highest BCUT2D eigenvalue weighted by Crippen LogP contribution is 2.08. The van der Waals surface area contributed by atoms with E-state index in [9.17, 15) is 0 Å². The topological polar surface area (TPSA) is 46.3 Å². The van der Waals surface area contributed by atoms with Crippen LogP contribution in [0, 0.1) is 0 Å². The average molecular weight is 317 g/mol. The van der Waals surface area contributed by atoms with Crippen LogP contribution < -0.4 is 0 Å². The quantitative estimate of drug-likeness (QED) is 0.702. The second-order valence-corrected chi connectivity index (χ2v) is 4.59. The fraction of sp³-hybridized carbons (Fsp3) is 0.0500. The van der Waals surface area contributed by atoms with E-state index in [2.05, 4.69) is 15.0 Å². The average Bonchev–Trinajstić information content (AvgIpc) is 2.61. The van der Waals surface area contributed by atoms with Crippen LogP contribution in [-0.2, 0) is 4.74 Å². The SMILES string of the molecule is C1=CC=Cc2ccccc2C=NCOC=CC=NC=CN=CC=C1. The molecule has 1 heterocycles. The zero-order valence-corrected chi connectivity index (χ0v) is 13.3. The lowest BCUT2D eigenvalue weighted by atomic mass is 10.1. The fourth-order valence-corrected chi connectivity index (χ4v) is 1.77. The summed E-state index contributed by atoms with van der Waals surface area (Å²) in [4.78, 5) is 12.3. The van der Waals surface area contributed by atoms with Gasteiger partial charge < -0.3 is 4.74 Å². The predicted octanol–water partition coefficient (Wildman–Crippen LogP) is 4.35. The van der Waals surface area contributed by atoms with Gasteiger partial charge in [-0.15, -0.1) is 0 Å². The Balaban J connectivity index is 2.14. The maximum atomic E-state index is 5.27. The first-order valence-corrected chi connectivity index (χ1v) is 7.54. The van der Waals surface area contributed by atoms with E-state index in [1.807, 2.05) is 66.9 Å². The highest BCUT2D eigenvalue weighted by molar-refractivity contribution is 5.85. The summed E-state index contributed by atoms with van der Waals surface area (Å²) in [5.41, 5.74) is 2.14. The van der Waals surface area contributed by atoms with E-state index < -0.39 is 0 Å². The summed E-state index contributed by atoms with van der Waals surface area (Å²) in [5, 5.41) is 0. The van der Waals surface area contributed by atoms with Crippen LogP contribution in [0.5, 0.6) is 0 Å². The molecule has 0 saturated heterocycles. The third-order valence-corrected chi connectivity index (χ3v) is 2.85. The van der Waals surface area contributed by atoms with Gasteiger partial charge in [0.1, 0.15) is 0 Å². The van der Waals surface area contributed by atoms with Gasteiger partial charge in [0.25, 0.3) is 0 Å². The van der Waals surface area contributed by atoms with Crippen molar-refractivity contribution >= 4 is 24.7 Å². The zero-order valence-electron chi connectivity index (χ0n) is 13.3. The molecule has 0 bridgehead atoms. The highest BCUT2D eigenvalue weighted by atomic mass is 16.5. The third kappa shape index (κ3) is 7.13. The molecule has 0 amide bonds. The van der Waals surface area contributed by atoms with Crippen molar-refractivity contribution in [3.8, 4) is 0 Å². The number of nitrogens with zero attached hydrogens (tertiary/aromatic N) is 3. The number of benzene rings is 1. The number of ether oxygens (including phenoxy) is 1. The van der Waals surface area contributed by atoms with Crippen molar-refractivity contribution in [1.82, 2.24) is 0 Å². The number of rotatable bonds is 0. The van der Waals surface area contributed by atoms with Crippen molar-refractivity contribution in [2.24, 2.45) is 15.0 Å². The molecule has 2 rings (SSSR count). The number of allylic oxidation sites excluding steroid dienone is 6. The Hall–Kier alpha value is -3.27. The van der Waals surface area contributed by atoms with Gasteiger partial charge in [-0.2, -0.15) is 0 Å². The first-order chi connectivity index (χ1) is 12.0. The lowest BCUT2D eigenvalue weighted by Crippen LogP contribution is -1.89.